The lowest BCUT2D eigenvalue weighted by atomic mass is 9.77. The van der Waals surface area contributed by atoms with Crippen molar-refractivity contribution in [3.8, 4) is 5.75 Å². The van der Waals surface area contributed by atoms with E-state index in [4.69, 9.17) is 0 Å². The zero-order valence-electron chi connectivity index (χ0n) is 11.5. The maximum absolute atomic E-state index is 9.28. The Bertz CT molecular complexity index is 324. The van der Waals surface area contributed by atoms with Gasteiger partial charge >= 0.3 is 0 Å². The molecule has 17 heavy (non-hydrogen) atoms. The van der Waals surface area contributed by atoms with E-state index in [2.05, 4.69) is 33.0 Å². The van der Waals surface area contributed by atoms with Crippen molar-refractivity contribution in [2.75, 3.05) is 13.1 Å². The molecule has 1 atom stereocenters. The molecule has 0 saturated carbocycles. The lowest BCUT2D eigenvalue weighted by Crippen LogP contribution is -2.33. The number of phenolic OH excluding ortho intramolecular Hbond substituents is 1. The van der Waals surface area contributed by atoms with E-state index in [0.29, 0.717) is 17.1 Å². The zero-order chi connectivity index (χ0) is 12.9. The standard InChI is InChI=1S/C15H25NO/c1-5-16-11-13(15(2,3)4)10-12-6-8-14(17)9-7-12/h6-9,13,16-17H,5,10-11H2,1-4H3. The van der Waals surface area contributed by atoms with Crippen LogP contribution in [0.5, 0.6) is 5.75 Å². The second-order valence-corrected chi connectivity index (χ2v) is 5.74. The average Bonchev–Trinajstić information content (AvgIpc) is 2.25. The van der Waals surface area contributed by atoms with Gasteiger partial charge in [0.25, 0.3) is 0 Å². The molecule has 1 aromatic rings. The molecule has 0 saturated heterocycles. The number of nitrogens with one attached hydrogen (secondary N) is 1. The van der Waals surface area contributed by atoms with Gasteiger partial charge in [-0.3, -0.25) is 0 Å². The van der Waals surface area contributed by atoms with Crippen LogP contribution in [0.2, 0.25) is 0 Å². The first-order valence-electron chi connectivity index (χ1n) is 6.42. The number of phenols is 1. The Morgan fingerprint density at radius 3 is 2.24 bits per heavy atom. The lowest BCUT2D eigenvalue weighted by molar-refractivity contribution is 0.232. The van der Waals surface area contributed by atoms with Crippen LogP contribution in [0, 0.1) is 11.3 Å². The molecule has 1 rings (SSSR count). The number of aromatic hydroxyl groups is 1. The zero-order valence-corrected chi connectivity index (χ0v) is 11.5. The molecule has 1 aromatic carbocycles. The lowest BCUT2D eigenvalue weighted by Gasteiger charge is -2.31. The summed E-state index contributed by atoms with van der Waals surface area (Å²) >= 11 is 0. The Morgan fingerprint density at radius 2 is 1.76 bits per heavy atom. The average molecular weight is 235 g/mol. The van der Waals surface area contributed by atoms with Crippen molar-refractivity contribution in [1.29, 1.82) is 0 Å². The molecule has 0 spiro atoms. The van der Waals surface area contributed by atoms with Crippen molar-refractivity contribution in [2.45, 2.75) is 34.1 Å². The van der Waals surface area contributed by atoms with Gasteiger partial charge in [-0.25, -0.2) is 0 Å². The van der Waals surface area contributed by atoms with Crippen molar-refractivity contribution >= 4 is 0 Å². The summed E-state index contributed by atoms with van der Waals surface area (Å²) in [6.45, 7) is 11.1. The van der Waals surface area contributed by atoms with Gasteiger partial charge in [0, 0.05) is 0 Å². The molecule has 0 radical (unpaired) electrons. The third-order valence-corrected chi connectivity index (χ3v) is 3.28. The van der Waals surface area contributed by atoms with E-state index in [1.807, 2.05) is 12.1 Å². The number of benzene rings is 1. The third-order valence-electron chi connectivity index (χ3n) is 3.28. The Kier molecular flexibility index (Phi) is 5.01. The molecule has 2 N–H and O–H groups in total. The summed E-state index contributed by atoms with van der Waals surface area (Å²) < 4.78 is 0. The van der Waals surface area contributed by atoms with Crippen LogP contribution >= 0.6 is 0 Å². The quantitative estimate of drug-likeness (QED) is 0.821. The van der Waals surface area contributed by atoms with Crippen LogP contribution in [0.3, 0.4) is 0 Å². The smallest absolute Gasteiger partial charge is 0.115 e. The molecule has 0 bridgehead atoms. The van der Waals surface area contributed by atoms with Crippen LogP contribution in [0.4, 0.5) is 0 Å². The van der Waals surface area contributed by atoms with Gasteiger partial charge in [-0.05, 0) is 48.5 Å². The predicted octanol–water partition coefficient (Wildman–Crippen LogP) is 3.21. The maximum Gasteiger partial charge on any atom is 0.115 e. The minimum absolute atomic E-state index is 0.292. The highest BCUT2D eigenvalue weighted by atomic mass is 16.3. The first-order chi connectivity index (χ1) is 7.93. The van der Waals surface area contributed by atoms with Gasteiger partial charge in [0.15, 0.2) is 0 Å². The molecule has 96 valence electrons. The third kappa shape index (κ3) is 4.78. The van der Waals surface area contributed by atoms with Crippen molar-refractivity contribution in [1.82, 2.24) is 5.32 Å². The minimum atomic E-state index is 0.292. The largest absolute Gasteiger partial charge is 0.508 e. The van der Waals surface area contributed by atoms with E-state index in [-0.39, 0.29) is 0 Å². The van der Waals surface area contributed by atoms with Gasteiger partial charge in [0.1, 0.15) is 5.75 Å². The van der Waals surface area contributed by atoms with Gasteiger partial charge in [0.2, 0.25) is 0 Å². The van der Waals surface area contributed by atoms with Crippen LogP contribution in [0.25, 0.3) is 0 Å². The molecular weight excluding hydrogens is 210 g/mol. The summed E-state index contributed by atoms with van der Waals surface area (Å²) in [5.74, 6) is 0.944. The topological polar surface area (TPSA) is 32.3 Å². The Labute approximate surface area is 105 Å². The molecule has 1 unspecified atom stereocenters. The van der Waals surface area contributed by atoms with Crippen molar-refractivity contribution in [3.05, 3.63) is 29.8 Å². The monoisotopic (exact) mass is 235 g/mol. The second kappa shape index (κ2) is 6.06. The Balaban J connectivity index is 2.68. The normalized spacial score (nSPS) is 13.6. The molecule has 0 fully saturated rings. The van der Waals surface area contributed by atoms with E-state index in [1.165, 1.54) is 5.56 Å². The van der Waals surface area contributed by atoms with E-state index in [1.54, 1.807) is 12.1 Å². The number of hydrogen-bond acceptors (Lipinski definition) is 2. The summed E-state index contributed by atoms with van der Waals surface area (Å²) in [4.78, 5) is 0. The summed E-state index contributed by atoms with van der Waals surface area (Å²) in [6.07, 6.45) is 1.05. The molecule has 2 nitrogen and oxygen atoms in total. The Hall–Kier alpha value is -1.02. The SMILES string of the molecule is CCNCC(Cc1ccc(O)cc1)C(C)(C)C. The molecular formula is C15H25NO. The summed E-state index contributed by atoms with van der Waals surface area (Å²) in [5, 5.41) is 12.7. The molecule has 2 heteroatoms. The van der Waals surface area contributed by atoms with E-state index < -0.39 is 0 Å². The van der Waals surface area contributed by atoms with Gasteiger partial charge in [-0.1, -0.05) is 39.8 Å². The second-order valence-electron chi connectivity index (χ2n) is 5.74. The molecule has 0 aliphatic carbocycles. The summed E-state index contributed by atoms with van der Waals surface area (Å²) in [5.41, 5.74) is 1.58. The number of rotatable bonds is 5. The van der Waals surface area contributed by atoms with Crippen LogP contribution in [-0.4, -0.2) is 18.2 Å². The highest BCUT2D eigenvalue weighted by Gasteiger charge is 2.24. The van der Waals surface area contributed by atoms with Gasteiger partial charge in [0.05, 0.1) is 0 Å². The van der Waals surface area contributed by atoms with Crippen molar-refractivity contribution in [2.24, 2.45) is 11.3 Å². The number of hydrogen-bond donors (Lipinski definition) is 2. The van der Waals surface area contributed by atoms with Crippen LogP contribution in [-0.2, 0) is 6.42 Å². The van der Waals surface area contributed by atoms with Crippen LogP contribution < -0.4 is 5.32 Å². The summed E-state index contributed by atoms with van der Waals surface area (Å²) in [6, 6.07) is 7.56. The van der Waals surface area contributed by atoms with E-state index >= 15 is 0 Å². The van der Waals surface area contributed by atoms with Crippen molar-refractivity contribution < 1.29 is 5.11 Å². The fraction of sp³-hybridized carbons (Fsp3) is 0.600. The molecule has 0 heterocycles. The van der Waals surface area contributed by atoms with E-state index in [0.717, 1.165) is 19.5 Å². The van der Waals surface area contributed by atoms with Gasteiger partial charge < -0.3 is 10.4 Å². The summed E-state index contributed by atoms with van der Waals surface area (Å²) in [7, 11) is 0. The molecule has 0 aliphatic heterocycles. The van der Waals surface area contributed by atoms with Crippen LogP contribution in [0.1, 0.15) is 33.3 Å². The molecule has 0 aromatic heterocycles. The van der Waals surface area contributed by atoms with Crippen molar-refractivity contribution in [3.63, 3.8) is 0 Å². The van der Waals surface area contributed by atoms with Gasteiger partial charge in [-0.15, -0.1) is 0 Å². The Morgan fingerprint density at radius 1 is 1.18 bits per heavy atom. The highest BCUT2D eigenvalue weighted by molar-refractivity contribution is 5.26. The predicted molar refractivity (Wildman–Crippen MR) is 73.3 cm³/mol. The fourth-order valence-electron chi connectivity index (χ4n) is 1.92. The fourth-order valence-corrected chi connectivity index (χ4v) is 1.92. The molecule has 0 aliphatic rings. The first-order valence-corrected chi connectivity index (χ1v) is 6.42. The maximum atomic E-state index is 9.28. The van der Waals surface area contributed by atoms with E-state index in [9.17, 15) is 5.11 Å². The van der Waals surface area contributed by atoms with Gasteiger partial charge in [-0.2, -0.15) is 0 Å². The van der Waals surface area contributed by atoms with Crippen LogP contribution in [0.15, 0.2) is 24.3 Å². The molecule has 0 amide bonds. The first kappa shape index (κ1) is 14.0. The highest BCUT2D eigenvalue weighted by Crippen LogP contribution is 2.29. The minimum Gasteiger partial charge on any atom is -0.508 e.